The molecule has 2 heterocycles. The highest BCUT2D eigenvalue weighted by Crippen LogP contribution is 2.38. The number of nitrogens with zero attached hydrogens (tertiary/aromatic N) is 2. The zero-order valence-corrected chi connectivity index (χ0v) is 18.5. The Morgan fingerprint density at radius 3 is 2.53 bits per heavy atom. The fraction of sp³-hybridized carbons (Fsp3) is 0.148. The molecule has 0 spiro atoms. The molecule has 0 fully saturated rings. The van der Waals surface area contributed by atoms with Crippen LogP contribution in [-0.4, -0.2) is 23.6 Å². The maximum atomic E-state index is 13.1. The average Bonchev–Trinajstić information content (AvgIpc) is 3.30. The molecule has 1 aromatic heterocycles. The summed E-state index contributed by atoms with van der Waals surface area (Å²) in [6.07, 6.45) is 4.13. The van der Waals surface area contributed by atoms with Crippen LogP contribution >= 0.6 is 11.6 Å². The molecule has 160 valence electrons. The highest BCUT2D eigenvalue weighted by molar-refractivity contribution is 6.36. The van der Waals surface area contributed by atoms with Gasteiger partial charge >= 0.3 is 0 Å². The number of hydrogen-bond donors (Lipinski definition) is 0. The fourth-order valence-corrected chi connectivity index (χ4v) is 4.41. The van der Waals surface area contributed by atoms with Crippen molar-refractivity contribution in [1.82, 2.24) is 4.57 Å². The normalized spacial score (nSPS) is 14.4. The predicted octanol–water partition coefficient (Wildman–Crippen LogP) is 6.28. The number of likely N-dealkylation sites (N-methyl/N-ethyl adjacent to an activating group) is 1. The van der Waals surface area contributed by atoms with Crippen molar-refractivity contribution in [2.45, 2.75) is 13.5 Å². The molecule has 0 saturated heterocycles. The van der Waals surface area contributed by atoms with E-state index in [0.717, 1.165) is 39.0 Å². The van der Waals surface area contributed by atoms with Crippen LogP contribution in [0.5, 0.6) is 5.75 Å². The lowest BCUT2D eigenvalue weighted by molar-refractivity contribution is -0.112. The summed E-state index contributed by atoms with van der Waals surface area (Å²) in [6.45, 7) is 3.88. The van der Waals surface area contributed by atoms with Gasteiger partial charge in [-0.15, -0.1) is 0 Å². The van der Waals surface area contributed by atoms with Crippen LogP contribution in [0.1, 0.15) is 18.1 Å². The van der Waals surface area contributed by atoms with E-state index in [0.29, 0.717) is 24.7 Å². The Kier molecular flexibility index (Phi) is 5.46. The second kappa shape index (κ2) is 8.56. The minimum absolute atomic E-state index is 0.0524. The van der Waals surface area contributed by atoms with Gasteiger partial charge in [0.25, 0.3) is 5.91 Å². The van der Waals surface area contributed by atoms with E-state index in [-0.39, 0.29) is 5.91 Å². The van der Waals surface area contributed by atoms with Gasteiger partial charge in [0.1, 0.15) is 12.4 Å². The molecule has 1 aliphatic rings. The Hall–Kier alpha value is -3.50. The number of para-hydroxylation sites is 2. The van der Waals surface area contributed by atoms with Crippen molar-refractivity contribution in [3.05, 3.63) is 95.1 Å². The van der Waals surface area contributed by atoms with Gasteiger partial charge in [-0.25, -0.2) is 0 Å². The van der Waals surface area contributed by atoms with E-state index in [1.165, 1.54) is 0 Å². The Labute approximate surface area is 192 Å². The Bertz CT molecular complexity index is 1320. The summed E-state index contributed by atoms with van der Waals surface area (Å²) in [5, 5.41) is 1.81. The Morgan fingerprint density at radius 1 is 0.969 bits per heavy atom. The number of rotatable bonds is 6. The number of fused-ring (bicyclic) bond motifs is 2. The van der Waals surface area contributed by atoms with E-state index in [9.17, 15) is 4.79 Å². The van der Waals surface area contributed by atoms with Gasteiger partial charge in [0.15, 0.2) is 0 Å². The summed E-state index contributed by atoms with van der Waals surface area (Å²) in [7, 11) is 0. The van der Waals surface area contributed by atoms with Crippen LogP contribution in [0.25, 0.3) is 22.6 Å². The highest BCUT2D eigenvalue weighted by atomic mass is 35.5. The van der Waals surface area contributed by atoms with E-state index in [4.69, 9.17) is 16.3 Å². The quantitative estimate of drug-likeness (QED) is 0.329. The first-order chi connectivity index (χ1) is 15.7. The fourth-order valence-electron chi connectivity index (χ4n) is 4.28. The molecule has 4 aromatic rings. The second-order valence-electron chi connectivity index (χ2n) is 7.72. The number of anilines is 1. The van der Waals surface area contributed by atoms with Crippen molar-refractivity contribution in [2.24, 2.45) is 0 Å². The lowest BCUT2D eigenvalue weighted by atomic mass is 10.0. The van der Waals surface area contributed by atoms with Crippen molar-refractivity contribution >= 4 is 45.7 Å². The summed E-state index contributed by atoms with van der Waals surface area (Å²) >= 11 is 5.95. The third kappa shape index (κ3) is 3.67. The van der Waals surface area contributed by atoms with Crippen molar-refractivity contribution in [3.63, 3.8) is 0 Å². The molecule has 0 radical (unpaired) electrons. The molecule has 1 aliphatic heterocycles. The lowest BCUT2D eigenvalue weighted by Gasteiger charge is -2.13. The van der Waals surface area contributed by atoms with E-state index in [1.54, 1.807) is 0 Å². The average molecular weight is 443 g/mol. The summed E-state index contributed by atoms with van der Waals surface area (Å²) in [4.78, 5) is 14.9. The molecule has 4 nitrogen and oxygen atoms in total. The molecule has 0 aliphatic carbocycles. The van der Waals surface area contributed by atoms with Gasteiger partial charge in [0.05, 0.1) is 12.2 Å². The van der Waals surface area contributed by atoms with E-state index in [2.05, 4.69) is 22.9 Å². The first-order valence-electron chi connectivity index (χ1n) is 10.7. The summed E-state index contributed by atoms with van der Waals surface area (Å²) in [5.41, 5.74) is 4.85. The summed E-state index contributed by atoms with van der Waals surface area (Å²) in [6, 6.07) is 23.6. The molecule has 1 amide bonds. The molecular weight excluding hydrogens is 420 g/mol. The highest BCUT2D eigenvalue weighted by Gasteiger charge is 2.31. The van der Waals surface area contributed by atoms with Crippen molar-refractivity contribution < 1.29 is 9.53 Å². The van der Waals surface area contributed by atoms with Gasteiger partial charge in [0, 0.05) is 45.4 Å². The van der Waals surface area contributed by atoms with Crippen LogP contribution < -0.4 is 9.64 Å². The molecule has 5 rings (SSSR count). The molecule has 5 heteroatoms. The number of amides is 1. The van der Waals surface area contributed by atoms with E-state index >= 15 is 0 Å². The molecule has 0 saturated carbocycles. The third-order valence-electron chi connectivity index (χ3n) is 5.81. The number of benzene rings is 3. The monoisotopic (exact) mass is 442 g/mol. The topological polar surface area (TPSA) is 34.5 Å². The maximum Gasteiger partial charge on any atom is 0.258 e. The molecular formula is C27H23ClN2O2. The van der Waals surface area contributed by atoms with Crippen molar-refractivity contribution in [3.8, 4) is 5.75 Å². The Morgan fingerprint density at radius 2 is 1.72 bits per heavy atom. The maximum absolute atomic E-state index is 13.1. The molecule has 0 unspecified atom stereocenters. The third-order valence-corrected chi connectivity index (χ3v) is 6.06. The van der Waals surface area contributed by atoms with Crippen LogP contribution in [0.4, 0.5) is 5.69 Å². The minimum atomic E-state index is 0.0524. The van der Waals surface area contributed by atoms with Crippen molar-refractivity contribution in [2.75, 3.05) is 18.1 Å². The van der Waals surface area contributed by atoms with Crippen LogP contribution in [0.2, 0.25) is 5.02 Å². The smallest absolute Gasteiger partial charge is 0.258 e. The van der Waals surface area contributed by atoms with Gasteiger partial charge < -0.3 is 14.2 Å². The number of hydrogen-bond acceptors (Lipinski definition) is 2. The molecule has 32 heavy (non-hydrogen) atoms. The van der Waals surface area contributed by atoms with Gasteiger partial charge in [-0.2, -0.15) is 0 Å². The van der Waals surface area contributed by atoms with Crippen LogP contribution in [0, 0.1) is 0 Å². The van der Waals surface area contributed by atoms with Crippen molar-refractivity contribution in [1.29, 1.82) is 0 Å². The zero-order chi connectivity index (χ0) is 22.1. The number of ether oxygens (including phenoxy) is 1. The number of carbonyl (C=O) groups is 1. The lowest BCUT2D eigenvalue weighted by Crippen LogP contribution is -2.25. The summed E-state index contributed by atoms with van der Waals surface area (Å²) in [5.74, 6) is 0.845. The SMILES string of the molecule is CCN1C(=O)/C(=C/c2cn(CCOc3ccc(Cl)cc3)c3ccccc23)c2ccccc21. The molecule has 0 N–H and O–H groups in total. The van der Waals surface area contributed by atoms with E-state index < -0.39 is 0 Å². The first kappa shape index (κ1) is 20.4. The van der Waals surface area contributed by atoms with Gasteiger partial charge in [-0.05, 0) is 49.4 Å². The standard InChI is InChI=1S/C27H23ClN2O2/c1-2-30-26-10-6-4-8-23(26)24(27(30)31)17-19-18-29(25-9-5-3-7-22(19)25)15-16-32-21-13-11-20(28)12-14-21/h3-14,17-18H,2,15-16H2,1H3/b24-17+. The van der Waals surface area contributed by atoms with Gasteiger partial charge in [0.2, 0.25) is 0 Å². The largest absolute Gasteiger partial charge is 0.492 e. The minimum Gasteiger partial charge on any atom is -0.492 e. The molecule has 3 aromatic carbocycles. The number of aromatic nitrogens is 1. The predicted molar refractivity (Wildman–Crippen MR) is 131 cm³/mol. The van der Waals surface area contributed by atoms with Crippen LogP contribution in [0.3, 0.4) is 0 Å². The molecule has 0 bridgehead atoms. The number of carbonyl (C=O) groups excluding carboxylic acids is 1. The first-order valence-corrected chi connectivity index (χ1v) is 11.1. The van der Waals surface area contributed by atoms with Gasteiger partial charge in [-0.1, -0.05) is 48.0 Å². The second-order valence-corrected chi connectivity index (χ2v) is 8.16. The molecule has 0 atom stereocenters. The zero-order valence-electron chi connectivity index (χ0n) is 17.8. The Balaban J connectivity index is 1.47. The van der Waals surface area contributed by atoms with Crippen LogP contribution in [0.15, 0.2) is 79.0 Å². The summed E-state index contributed by atoms with van der Waals surface area (Å²) < 4.78 is 8.07. The van der Waals surface area contributed by atoms with Crippen LogP contribution in [-0.2, 0) is 11.3 Å². The number of halogens is 1. The van der Waals surface area contributed by atoms with E-state index in [1.807, 2.05) is 78.6 Å². The van der Waals surface area contributed by atoms with Gasteiger partial charge in [-0.3, -0.25) is 4.79 Å².